The molecule has 2 aromatic rings. The fourth-order valence-corrected chi connectivity index (χ4v) is 2.56. The standard InChI is InChI=1S/C7H9N7OS2/c8-12-5(15)6-11-4(1-16-6)2-17-7-13-10-3-14(7)9/h1,3H,2,8-9H2,(H,12,15). The van der Waals surface area contributed by atoms with Gasteiger partial charge in [0.25, 0.3) is 5.91 Å². The van der Waals surface area contributed by atoms with Crippen molar-refractivity contribution in [3.63, 3.8) is 0 Å². The smallest absolute Gasteiger partial charge is 0.294 e. The highest BCUT2D eigenvalue weighted by Gasteiger charge is 2.10. The molecule has 0 unspecified atom stereocenters. The van der Waals surface area contributed by atoms with Crippen LogP contribution in [0.15, 0.2) is 16.9 Å². The van der Waals surface area contributed by atoms with Gasteiger partial charge in [0.05, 0.1) is 5.69 Å². The highest BCUT2D eigenvalue weighted by atomic mass is 32.2. The summed E-state index contributed by atoms with van der Waals surface area (Å²) in [6, 6.07) is 0. The average molecular weight is 271 g/mol. The van der Waals surface area contributed by atoms with Crippen LogP contribution in [0, 0.1) is 0 Å². The molecule has 10 heteroatoms. The van der Waals surface area contributed by atoms with Crippen LogP contribution in [0.3, 0.4) is 0 Å². The molecule has 0 fully saturated rings. The fraction of sp³-hybridized carbons (Fsp3) is 0.143. The van der Waals surface area contributed by atoms with Crippen molar-refractivity contribution >= 4 is 29.0 Å². The van der Waals surface area contributed by atoms with Crippen molar-refractivity contribution in [2.45, 2.75) is 10.9 Å². The summed E-state index contributed by atoms with van der Waals surface area (Å²) in [6.07, 6.45) is 1.41. The van der Waals surface area contributed by atoms with Crippen LogP contribution in [0.25, 0.3) is 0 Å². The van der Waals surface area contributed by atoms with Crippen LogP contribution < -0.4 is 17.1 Å². The lowest BCUT2D eigenvalue weighted by molar-refractivity contribution is 0.0953. The number of aromatic nitrogens is 4. The molecular weight excluding hydrogens is 262 g/mol. The van der Waals surface area contributed by atoms with Crippen LogP contribution in [-0.4, -0.2) is 25.8 Å². The van der Waals surface area contributed by atoms with E-state index in [0.29, 0.717) is 15.9 Å². The Hall–Kier alpha value is -1.65. The van der Waals surface area contributed by atoms with Gasteiger partial charge in [-0.15, -0.1) is 21.5 Å². The zero-order valence-corrected chi connectivity index (χ0v) is 10.2. The number of rotatable bonds is 4. The molecule has 2 aromatic heterocycles. The number of nitrogens with zero attached hydrogens (tertiary/aromatic N) is 4. The number of thioether (sulfide) groups is 1. The number of nitrogens with one attached hydrogen (secondary N) is 1. The number of amides is 1. The third-order valence-electron chi connectivity index (χ3n) is 1.77. The highest BCUT2D eigenvalue weighted by molar-refractivity contribution is 7.98. The maximum Gasteiger partial charge on any atom is 0.294 e. The third kappa shape index (κ3) is 2.72. The van der Waals surface area contributed by atoms with Crippen molar-refractivity contribution in [3.8, 4) is 0 Å². The first-order valence-corrected chi connectivity index (χ1v) is 6.30. The normalized spacial score (nSPS) is 10.4. The van der Waals surface area contributed by atoms with Crippen molar-refractivity contribution in [3.05, 3.63) is 22.4 Å². The fourth-order valence-electron chi connectivity index (χ4n) is 1.01. The topological polar surface area (TPSA) is 125 Å². The minimum atomic E-state index is -0.395. The van der Waals surface area contributed by atoms with E-state index in [2.05, 4.69) is 15.2 Å². The molecule has 0 aliphatic carbocycles. The molecule has 0 bridgehead atoms. The quantitative estimate of drug-likeness (QED) is 0.292. The van der Waals surface area contributed by atoms with Gasteiger partial charge in [0.15, 0.2) is 5.01 Å². The number of hydrazine groups is 1. The Kier molecular flexibility index (Phi) is 3.56. The Morgan fingerprint density at radius 3 is 3.12 bits per heavy atom. The number of hydrogen-bond donors (Lipinski definition) is 3. The van der Waals surface area contributed by atoms with Gasteiger partial charge >= 0.3 is 0 Å². The summed E-state index contributed by atoms with van der Waals surface area (Å²) >= 11 is 2.62. The summed E-state index contributed by atoms with van der Waals surface area (Å²) in [5.41, 5.74) is 2.79. The van der Waals surface area contributed by atoms with Gasteiger partial charge in [-0.05, 0) is 0 Å². The first-order chi connectivity index (χ1) is 8.20. The minimum absolute atomic E-state index is 0.331. The molecule has 2 heterocycles. The summed E-state index contributed by atoms with van der Waals surface area (Å²) in [4.78, 5) is 15.3. The molecule has 8 nitrogen and oxygen atoms in total. The highest BCUT2D eigenvalue weighted by Crippen LogP contribution is 2.20. The van der Waals surface area contributed by atoms with E-state index in [9.17, 15) is 4.79 Å². The summed E-state index contributed by atoms with van der Waals surface area (Å²) in [5, 5.41) is 10.2. The van der Waals surface area contributed by atoms with Crippen molar-refractivity contribution in [2.75, 3.05) is 5.84 Å². The molecule has 0 saturated heterocycles. The van der Waals surface area contributed by atoms with E-state index in [-0.39, 0.29) is 0 Å². The van der Waals surface area contributed by atoms with Crippen LogP contribution in [-0.2, 0) is 5.75 Å². The maximum absolute atomic E-state index is 11.2. The molecule has 2 rings (SSSR count). The number of nitrogen functional groups attached to an aromatic ring is 2. The Morgan fingerprint density at radius 2 is 2.47 bits per heavy atom. The number of thiazole rings is 1. The lowest BCUT2D eigenvalue weighted by Crippen LogP contribution is -2.29. The second kappa shape index (κ2) is 5.12. The lowest BCUT2D eigenvalue weighted by Gasteiger charge is -1.97. The number of carbonyl (C=O) groups excluding carboxylic acids is 1. The average Bonchev–Trinajstić information content (AvgIpc) is 2.94. The van der Waals surface area contributed by atoms with Crippen LogP contribution in [0.5, 0.6) is 0 Å². The van der Waals surface area contributed by atoms with Crippen molar-refractivity contribution in [1.82, 2.24) is 25.3 Å². The van der Waals surface area contributed by atoms with E-state index in [1.807, 2.05) is 5.43 Å². The van der Waals surface area contributed by atoms with Gasteiger partial charge < -0.3 is 5.84 Å². The molecule has 0 spiro atoms. The van der Waals surface area contributed by atoms with E-state index in [1.54, 1.807) is 5.38 Å². The van der Waals surface area contributed by atoms with Crippen molar-refractivity contribution in [2.24, 2.45) is 5.84 Å². The van der Waals surface area contributed by atoms with Gasteiger partial charge in [-0.25, -0.2) is 15.5 Å². The number of carbonyl (C=O) groups is 1. The summed E-state index contributed by atoms with van der Waals surface area (Å²) in [6.45, 7) is 0. The molecule has 5 N–H and O–H groups in total. The Balaban J connectivity index is 1.98. The first kappa shape index (κ1) is 11.8. The van der Waals surface area contributed by atoms with Gasteiger partial charge in [0.2, 0.25) is 5.16 Å². The molecule has 0 atom stereocenters. The second-order valence-corrected chi connectivity index (χ2v) is 4.73. The molecule has 90 valence electrons. The van der Waals surface area contributed by atoms with Gasteiger partial charge in [-0.2, -0.15) is 0 Å². The van der Waals surface area contributed by atoms with Gasteiger partial charge in [0, 0.05) is 11.1 Å². The largest absolute Gasteiger partial charge is 0.336 e. The zero-order chi connectivity index (χ0) is 12.3. The molecule has 0 saturated carbocycles. The first-order valence-electron chi connectivity index (χ1n) is 4.44. The van der Waals surface area contributed by atoms with Gasteiger partial charge in [-0.3, -0.25) is 10.2 Å². The van der Waals surface area contributed by atoms with E-state index in [0.717, 1.165) is 5.69 Å². The van der Waals surface area contributed by atoms with Crippen LogP contribution in [0.2, 0.25) is 0 Å². The molecule has 17 heavy (non-hydrogen) atoms. The zero-order valence-electron chi connectivity index (χ0n) is 8.53. The molecule has 0 radical (unpaired) electrons. The van der Waals surface area contributed by atoms with E-state index >= 15 is 0 Å². The Labute approximate surface area is 104 Å². The van der Waals surface area contributed by atoms with Crippen molar-refractivity contribution in [1.29, 1.82) is 0 Å². The van der Waals surface area contributed by atoms with E-state index in [1.165, 1.54) is 34.1 Å². The predicted molar refractivity (Wildman–Crippen MR) is 63.5 cm³/mol. The van der Waals surface area contributed by atoms with E-state index < -0.39 is 5.91 Å². The van der Waals surface area contributed by atoms with Crippen LogP contribution in [0.1, 0.15) is 15.5 Å². The second-order valence-electron chi connectivity index (χ2n) is 2.93. The predicted octanol–water partition coefficient (Wildman–Crippen LogP) is -0.656. The monoisotopic (exact) mass is 271 g/mol. The van der Waals surface area contributed by atoms with Crippen molar-refractivity contribution < 1.29 is 4.79 Å². The minimum Gasteiger partial charge on any atom is -0.336 e. The Bertz CT molecular complexity index is 522. The van der Waals surface area contributed by atoms with Gasteiger partial charge in [-0.1, -0.05) is 11.8 Å². The van der Waals surface area contributed by atoms with Crippen LogP contribution in [0.4, 0.5) is 0 Å². The number of hydrogen-bond acceptors (Lipinski definition) is 8. The summed E-state index contributed by atoms with van der Waals surface area (Å²) in [7, 11) is 0. The lowest BCUT2D eigenvalue weighted by atomic mass is 10.5. The Morgan fingerprint density at radius 1 is 1.65 bits per heavy atom. The van der Waals surface area contributed by atoms with E-state index in [4.69, 9.17) is 11.7 Å². The molecular formula is C7H9N7OS2. The molecule has 0 aliphatic heterocycles. The summed E-state index contributed by atoms with van der Waals surface area (Å²) < 4.78 is 1.32. The summed E-state index contributed by atoms with van der Waals surface area (Å²) in [5.74, 6) is 10.7. The van der Waals surface area contributed by atoms with Gasteiger partial charge in [0.1, 0.15) is 6.33 Å². The molecule has 0 aliphatic rings. The molecule has 0 aromatic carbocycles. The maximum atomic E-state index is 11.2. The van der Waals surface area contributed by atoms with Crippen LogP contribution >= 0.6 is 23.1 Å². The number of nitrogens with two attached hydrogens (primary N) is 2. The SMILES string of the molecule is NNC(=O)c1nc(CSc2nncn2N)cs1. The third-order valence-corrected chi connectivity index (χ3v) is 3.65. The molecule has 1 amide bonds.